The Balaban J connectivity index is 2.44. The topological polar surface area (TPSA) is 89.3 Å². The molecule has 2 rings (SSSR count). The van der Waals surface area contributed by atoms with Crippen LogP contribution in [0.1, 0.15) is 16.1 Å². The third-order valence-electron chi connectivity index (χ3n) is 2.77. The fourth-order valence-corrected chi connectivity index (χ4v) is 3.18. The number of benzene rings is 1. The van der Waals surface area contributed by atoms with Gasteiger partial charge in [-0.15, -0.1) is 0 Å². The van der Waals surface area contributed by atoms with E-state index >= 15 is 0 Å². The molecule has 0 aliphatic rings. The quantitative estimate of drug-likeness (QED) is 0.917. The van der Waals surface area contributed by atoms with Crippen molar-refractivity contribution >= 4 is 15.8 Å². The van der Waals surface area contributed by atoms with Crippen LogP contribution in [0.15, 0.2) is 35.4 Å². The number of hydrogen-bond donors (Lipinski definition) is 1. The maximum atomic E-state index is 13.1. The minimum Gasteiger partial charge on any atom is -0.478 e. The minimum atomic E-state index is -3.85. The highest BCUT2D eigenvalue weighted by molar-refractivity contribution is 7.90. The number of hydrogen-bond acceptors (Lipinski definition) is 4. The summed E-state index contributed by atoms with van der Waals surface area (Å²) in [5, 5.41) is 12.7. The predicted molar refractivity (Wildman–Crippen MR) is 67.5 cm³/mol. The van der Waals surface area contributed by atoms with Gasteiger partial charge in [0.2, 0.25) is 0 Å². The lowest BCUT2D eigenvalue weighted by Crippen LogP contribution is -2.12. The van der Waals surface area contributed by atoms with Crippen molar-refractivity contribution in [2.24, 2.45) is 7.05 Å². The Morgan fingerprint density at radius 2 is 2.15 bits per heavy atom. The van der Waals surface area contributed by atoms with Crippen molar-refractivity contribution in [1.82, 2.24) is 9.78 Å². The van der Waals surface area contributed by atoms with E-state index in [4.69, 9.17) is 5.11 Å². The van der Waals surface area contributed by atoms with Gasteiger partial charge in [-0.25, -0.2) is 17.6 Å². The van der Waals surface area contributed by atoms with Gasteiger partial charge in [0, 0.05) is 7.05 Å². The number of nitrogens with zero attached hydrogens (tertiary/aromatic N) is 2. The minimum absolute atomic E-state index is 0.0433. The highest BCUT2D eigenvalue weighted by Gasteiger charge is 2.23. The Hall–Kier alpha value is -2.22. The summed E-state index contributed by atoms with van der Waals surface area (Å²) in [5.41, 5.74) is -0.144. The van der Waals surface area contributed by atoms with Gasteiger partial charge in [0.05, 0.1) is 22.5 Å². The highest BCUT2D eigenvalue weighted by atomic mass is 32.2. The molecule has 0 spiro atoms. The number of aromatic nitrogens is 2. The van der Waals surface area contributed by atoms with Crippen LogP contribution >= 0.6 is 0 Å². The number of rotatable bonds is 4. The molecule has 1 heterocycles. The summed E-state index contributed by atoms with van der Waals surface area (Å²) in [4.78, 5) is 10.8. The van der Waals surface area contributed by atoms with Crippen LogP contribution in [0.2, 0.25) is 0 Å². The zero-order chi connectivity index (χ0) is 14.9. The van der Waals surface area contributed by atoms with E-state index in [-0.39, 0.29) is 16.2 Å². The molecular weight excluding hydrogens is 287 g/mol. The van der Waals surface area contributed by atoms with Gasteiger partial charge in [-0.1, -0.05) is 6.07 Å². The SMILES string of the molecule is Cn1ncc(C(=O)O)c1CS(=O)(=O)c1cccc(F)c1. The summed E-state index contributed by atoms with van der Waals surface area (Å²) in [6, 6.07) is 4.57. The van der Waals surface area contributed by atoms with Gasteiger partial charge in [0.25, 0.3) is 0 Å². The second-order valence-corrected chi connectivity index (χ2v) is 6.14. The predicted octanol–water partition coefficient (Wildman–Crippen LogP) is 1.23. The number of carbonyl (C=O) groups is 1. The van der Waals surface area contributed by atoms with E-state index in [0.717, 1.165) is 18.3 Å². The zero-order valence-electron chi connectivity index (χ0n) is 10.4. The molecular formula is C12H11FN2O4S. The van der Waals surface area contributed by atoms with Crippen LogP contribution in [0.3, 0.4) is 0 Å². The Labute approximate surface area is 114 Å². The third-order valence-corrected chi connectivity index (χ3v) is 4.40. The summed E-state index contributed by atoms with van der Waals surface area (Å²) in [5.74, 6) is -2.49. The number of aromatic carboxylic acids is 1. The molecule has 6 nitrogen and oxygen atoms in total. The molecule has 0 fully saturated rings. The van der Waals surface area contributed by atoms with Gasteiger partial charge < -0.3 is 5.11 Å². The van der Waals surface area contributed by atoms with Crippen molar-refractivity contribution in [2.75, 3.05) is 0 Å². The van der Waals surface area contributed by atoms with E-state index in [1.165, 1.54) is 23.9 Å². The lowest BCUT2D eigenvalue weighted by Gasteiger charge is -2.06. The van der Waals surface area contributed by atoms with Crippen molar-refractivity contribution < 1.29 is 22.7 Å². The molecule has 0 bridgehead atoms. The Morgan fingerprint density at radius 3 is 2.75 bits per heavy atom. The molecule has 0 aliphatic heterocycles. The standard InChI is InChI=1S/C12H11FN2O4S/c1-15-11(10(6-14-15)12(16)17)7-20(18,19)9-4-2-3-8(13)5-9/h2-6H,7H2,1H3,(H,16,17). The summed E-state index contributed by atoms with van der Waals surface area (Å²) in [6.45, 7) is 0. The maximum absolute atomic E-state index is 13.1. The summed E-state index contributed by atoms with van der Waals surface area (Å²) in [6.07, 6.45) is 1.08. The van der Waals surface area contributed by atoms with Gasteiger partial charge in [-0.05, 0) is 18.2 Å². The highest BCUT2D eigenvalue weighted by Crippen LogP contribution is 2.19. The first-order chi connectivity index (χ1) is 9.31. The molecule has 1 aromatic carbocycles. The molecule has 0 saturated carbocycles. The third kappa shape index (κ3) is 2.69. The number of aryl methyl sites for hydroxylation is 1. The van der Waals surface area contributed by atoms with Gasteiger partial charge in [0.15, 0.2) is 9.84 Å². The molecule has 0 amide bonds. The molecule has 0 radical (unpaired) electrons. The van der Waals surface area contributed by atoms with E-state index in [2.05, 4.69) is 5.10 Å². The molecule has 2 aromatic rings. The van der Waals surface area contributed by atoms with Crippen molar-refractivity contribution in [3.63, 3.8) is 0 Å². The largest absolute Gasteiger partial charge is 0.478 e. The summed E-state index contributed by atoms with van der Waals surface area (Å²) in [7, 11) is -2.40. The van der Waals surface area contributed by atoms with Gasteiger partial charge in [-0.2, -0.15) is 5.10 Å². The van der Waals surface area contributed by atoms with E-state index in [1.54, 1.807) is 0 Å². The lowest BCUT2D eigenvalue weighted by atomic mass is 10.3. The molecule has 8 heteroatoms. The maximum Gasteiger partial charge on any atom is 0.339 e. The molecule has 0 unspecified atom stereocenters. The number of sulfone groups is 1. The van der Waals surface area contributed by atoms with Crippen LogP contribution in [0.5, 0.6) is 0 Å². The van der Waals surface area contributed by atoms with Crippen molar-refractivity contribution in [3.8, 4) is 0 Å². The normalized spacial score (nSPS) is 11.5. The smallest absolute Gasteiger partial charge is 0.339 e. The van der Waals surface area contributed by atoms with Crippen molar-refractivity contribution in [1.29, 1.82) is 0 Å². The second-order valence-electron chi connectivity index (χ2n) is 4.15. The van der Waals surface area contributed by atoms with E-state index < -0.39 is 27.4 Å². The van der Waals surface area contributed by atoms with Crippen molar-refractivity contribution in [3.05, 3.63) is 47.5 Å². The van der Waals surface area contributed by atoms with Crippen LogP contribution in [-0.2, 0) is 22.6 Å². The van der Waals surface area contributed by atoms with Crippen LogP contribution in [0.25, 0.3) is 0 Å². The van der Waals surface area contributed by atoms with E-state index in [0.29, 0.717) is 0 Å². The van der Waals surface area contributed by atoms with Crippen LogP contribution in [0, 0.1) is 5.82 Å². The van der Waals surface area contributed by atoms with Crippen molar-refractivity contribution in [2.45, 2.75) is 10.6 Å². The lowest BCUT2D eigenvalue weighted by molar-refractivity contribution is 0.0696. The number of carboxylic acids is 1. The first-order valence-electron chi connectivity index (χ1n) is 5.54. The van der Waals surface area contributed by atoms with E-state index in [9.17, 15) is 17.6 Å². The van der Waals surface area contributed by atoms with Gasteiger partial charge in [0.1, 0.15) is 11.4 Å². The summed E-state index contributed by atoms with van der Waals surface area (Å²) < 4.78 is 38.6. The van der Waals surface area contributed by atoms with Gasteiger partial charge in [-0.3, -0.25) is 4.68 Å². The first kappa shape index (κ1) is 14.2. The Kier molecular flexibility index (Phi) is 3.58. The Morgan fingerprint density at radius 1 is 1.45 bits per heavy atom. The first-order valence-corrected chi connectivity index (χ1v) is 7.19. The van der Waals surface area contributed by atoms with Gasteiger partial charge >= 0.3 is 5.97 Å². The van der Waals surface area contributed by atoms with Crippen LogP contribution in [-0.4, -0.2) is 29.3 Å². The van der Waals surface area contributed by atoms with E-state index in [1.807, 2.05) is 0 Å². The molecule has 0 atom stereocenters. The molecule has 1 N–H and O–H groups in total. The number of carboxylic acid groups (broad SMARTS) is 1. The van der Waals surface area contributed by atoms with Crippen LogP contribution < -0.4 is 0 Å². The summed E-state index contributed by atoms with van der Waals surface area (Å²) >= 11 is 0. The fourth-order valence-electron chi connectivity index (χ4n) is 1.74. The number of halogens is 1. The Bertz CT molecular complexity index is 768. The monoisotopic (exact) mass is 298 g/mol. The molecule has 0 saturated heterocycles. The second kappa shape index (κ2) is 5.04. The molecule has 106 valence electrons. The molecule has 20 heavy (non-hydrogen) atoms. The van der Waals surface area contributed by atoms with Crippen LogP contribution in [0.4, 0.5) is 4.39 Å². The molecule has 1 aromatic heterocycles. The average molecular weight is 298 g/mol. The average Bonchev–Trinajstić information content (AvgIpc) is 2.71. The molecule has 0 aliphatic carbocycles. The fraction of sp³-hybridized carbons (Fsp3) is 0.167. The zero-order valence-corrected chi connectivity index (χ0v) is 11.3.